The summed E-state index contributed by atoms with van der Waals surface area (Å²) >= 11 is 0. The molecule has 106 valence electrons. The van der Waals surface area contributed by atoms with Gasteiger partial charge in [-0.2, -0.15) is 13.2 Å². The molecule has 2 atom stereocenters. The lowest BCUT2D eigenvalue weighted by molar-refractivity contribution is -0.189. The van der Waals surface area contributed by atoms with Gasteiger partial charge in [0, 0.05) is 12.6 Å². The van der Waals surface area contributed by atoms with Crippen molar-refractivity contribution in [2.24, 2.45) is 5.92 Å². The minimum Gasteiger partial charge on any atom is -0.508 e. The van der Waals surface area contributed by atoms with E-state index in [1.54, 1.807) is 24.3 Å². The van der Waals surface area contributed by atoms with Crippen LogP contribution in [0.4, 0.5) is 13.2 Å². The highest BCUT2D eigenvalue weighted by atomic mass is 19.4. The largest absolute Gasteiger partial charge is 0.508 e. The maximum absolute atomic E-state index is 12.9. The van der Waals surface area contributed by atoms with Crippen molar-refractivity contribution >= 4 is 0 Å². The predicted molar refractivity (Wildman–Crippen MR) is 66.7 cm³/mol. The second-order valence-electron chi connectivity index (χ2n) is 5.09. The molecule has 2 rings (SSSR count). The highest BCUT2D eigenvalue weighted by Crippen LogP contribution is 2.37. The van der Waals surface area contributed by atoms with Crippen molar-refractivity contribution in [3.63, 3.8) is 0 Å². The molecule has 0 radical (unpaired) electrons. The Labute approximate surface area is 110 Å². The molecule has 2 N–H and O–H groups in total. The summed E-state index contributed by atoms with van der Waals surface area (Å²) in [5, 5.41) is 12.3. The number of halogens is 3. The molecule has 1 aliphatic rings. The fourth-order valence-electron chi connectivity index (χ4n) is 2.68. The number of benzene rings is 1. The van der Waals surface area contributed by atoms with Crippen molar-refractivity contribution in [1.29, 1.82) is 0 Å². The quantitative estimate of drug-likeness (QED) is 0.882. The third-order valence-electron chi connectivity index (χ3n) is 3.67. The molecule has 0 saturated heterocycles. The maximum Gasteiger partial charge on any atom is 0.393 e. The van der Waals surface area contributed by atoms with Crippen LogP contribution in [-0.4, -0.2) is 17.3 Å². The molecule has 0 bridgehead atoms. The van der Waals surface area contributed by atoms with E-state index in [9.17, 15) is 18.3 Å². The van der Waals surface area contributed by atoms with Crippen LogP contribution in [0.5, 0.6) is 5.75 Å². The van der Waals surface area contributed by atoms with Crippen LogP contribution in [-0.2, 0) is 6.54 Å². The molecule has 1 aliphatic carbocycles. The van der Waals surface area contributed by atoms with E-state index in [0.717, 1.165) is 12.0 Å². The van der Waals surface area contributed by atoms with Gasteiger partial charge in [-0.15, -0.1) is 0 Å². The molecule has 1 saturated carbocycles. The number of nitrogens with one attached hydrogen (secondary N) is 1. The lowest BCUT2D eigenvalue weighted by Gasteiger charge is -2.33. The second-order valence-corrected chi connectivity index (χ2v) is 5.09. The minimum absolute atomic E-state index is 0.135. The first kappa shape index (κ1) is 14.2. The standard InChI is InChI=1S/C14H18F3NO/c15-14(16,17)12-6-1-2-7-13(12)18-9-10-4-3-5-11(19)8-10/h3-5,8,12-13,18-19H,1-2,6-7,9H2. The number of aromatic hydroxyl groups is 1. The van der Waals surface area contributed by atoms with Gasteiger partial charge in [0.15, 0.2) is 0 Å². The SMILES string of the molecule is Oc1cccc(CNC2CCCCC2C(F)(F)F)c1. The number of hydrogen-bond acceptors (Lipinski definition) is 2. The van der Waals surface area contributed by atoms with E-state index in [-0.39, 0.29) is 12.2 Å². The molecule has 19 heavy (non-hydrogen) atoms. The highest BCUT2D eigenvalue weighted by molar-refractivity contribution is 5.27. The van der Waals surface area contributed by atoms with E-state index >= 15 is 0 Å². The highest BCUT2D eigenvalue weighted by Gasteiger charge is 2.45. The van der Waals surface area contributed by atoms with Gasteiger partial charge < -0.3 is 10.4 Å². The van der Waals surface area contributed by atoms with Gasteiger partial charge in [-0.3, -0.25) is 0 Å². The number of hydrogen-bond donors (Lipinski definition) is 2. The first-order valence-corrected chi connectivity index (χ1v) is 6.55. The summed E-state index contributed by atoms with van der Waals surface area (Å²) in [6.07, 6.45) is -1.88. The Kier molecular flexibility index (Phi) is 4.34. The van der Waals surface area contributed by atoms with Gasteiger partial charge in [0.05, 0.1) is 5.92 Å². The zero-order chi connectivity index (χ0) is 13.9. The zero-order valence-corrected chi connectivity index (χ0v) is 10.6. The van der Waals surface area contributed by atoms with Crippen LogP contribution in [0.3, 0.4) is 0 Å². The van der Waals surface area contributed by atoms with Crippen LogP contribution in [0.25, 0.3) is 0 Å². The van der Waals surface area contributed by atoms with E-state index in [1.165, 1.54) is 0 Å². The van der Waals surface area contributed by atoms with Crippen molar-refractivity contribution in [2.75, 3.05) is 0 Å². The Bertz CT molecular complexity index is 419. The number of rotatable bonds is 3. The van der Waals surface area contributed by atoms with Gasteiger partial charge in [0.2, 0.25) is 0 Å². The monoisotopic (exact) mass is 273 g/mol. The molecular formula is C14H18F3NO. The van der Waals surface area contributed by atoms with Crippen LogP contribution < -0.4 is 5.32 Å². The van der Waals surface area contributed by atoms with Crippen LogP contribution in [0.1, 0.15) is 31.2 Å². The van der Waals surface area contributed by atoms with Crippen LogP contribution in [0, 0.1) is 5.92 Å². The Morgan fingerprint density at radius 2 is 1.95 bits per heavy atom. The molecule has 0 aliphatic heterocycles. The molecule has 0 spiro atoms. The van der Waals surface area contributed by atoms with Crippen molar-refractivity contribution < 1.29 is 18.3 Å². The lowest BCUT2D eigenvalue weighted by atomic mass is 9.84. The molecule has 1 aromatic carbocycles. The third-order valence-corrected chi connectivity index (χ3v) is 3.67. The average molecular weight is 273 g/mol. The molecule has 5 heteroatoms. The number of phenolic OH excluding ortho intramolecular Hbond substituents is 1. The fraction of sp³-hybridized carbons (Fsp3) is 0.571. The van der Waals surface area contributed by atoms with Gasteiger partial charge in [0.1, 0.15) is 5.75 Å². The van der Waals surface area contributed by atoms with Crippen LogP contribution in [0.15, 0.2) is 24.3 Å². The zero-order valence-electron chi connectivity index (χ0n) is 10.6. The molecule has 0 heterocycles. The van der Waals surface area contributed by atoms with Gasteiger partial charge >= 0.3 is 6.18 Å². The number of phenols is 1. The molecule has 2 unspecified atom stereocenters. The molecule has 0 amide bonds. The van der Waals surface area contributed by atoms with E-state index in [2.05, 4.69) is 5.32 Å². The molecular weight excluding hydrogens is 255 g/mol. The molecule has 2 nitrogen and oxygen atoms in total. The Morgan fingerprint density at radius 3 is 2.63 bits per heavy atom. The van der Waals surface area contributed by atoms with Gasteiger partial charge in [-0.1, -0.05) is 25.0 Å². The lowest BCUT2D eigenvalue weighted by Crippen LogP contribution is -2.45. The summed E-state index contributed by atoms with van der Waals surface area (Å²) in [7, 11) is 0. The van der Waals surface area contributed by atoms with E-state index in [4.69, 9.17) is 0 Å². The maximum atomic E-state index is 12.9. The summed E-state index contributed by atoms with van der Waals surface area (Å²) in [6, 6.07) is 6.07. The van der Waals surface area contributed by atoms with Crippen molar-refractivity contribution in [2.45, 2.75) is 44.4 Å². The van der Waals surface area contributed by atoms with Gasteiger partial charge in [-0.05, 0) is 30.5 Å². The van der Waals surface area contributed by atoms with Crippen molar-refractivity contribution in [1.82, 2.24) is 5.32 Å². The average Bonchev–Trinajstić information content (AvgIpc) is 2.36. The molecule has 1 aromatic rings. The van der Waals surface area contributed by atoms with Gasteiger partial charge in [0.25, 0.3) is 0 Å². The molecule has 1 fully saturated rings. The Balaban J connectivity index is 1.97. The summed E-state index contributed by atoms with van der Waals surface area (Å²) in [5.74, 6) is -1.12. The second kappa shape index (κ2) is 5.82. The Morgan fingerprint density at radius 1 is 1.21 bits per heavy atom. The van der Waals surface area contributed by atoms with Crippen molar-refractivity contribution in [3.05, 3.63) is 29.8 Å². The third kappa shape index (κ3) is 3.86. The first-order chi connectivity index (χ1) is 8.97. The topological polar surface area (TPSA) is 32.3 Å². The normalized spacial score (nSPS) is 24.4. The smallest absolute Gasteiger partial charge is 0.393 e. The predicted octanol–water partition coefficient (Wildman–Crippen LogP) is 3.60. The molecule has 0 aromatic heterocycles. The summed E-state index contributed by atoms with van der Waals surface area (Å²) in [4.78, 5) is 0. The minimum atomic E-state index is -4.13. The summed E-state index contributed by atoms with van der Waals surface area (Å²) in [6.45, 7) is 0.353. The summed E-state index contributed by atoms with van der Waals surface area (Å²) in [5.41, 5.74) is 0.798. The van der Waals surface area contributed by atoms with E-state index in [1.807, 2.05) is 0 Å². The Hall–Kier alpha value is -1.23. The number of alkyl halides is 3. The van der Waals surface area contributed by atoms with Crippen molar-refractivity contribution in [3.8, 4) is 5.75 Å². The van der Waals surface area contributed by atoms with E-state index in [0.29, 0.717) is 19.4 Å². The van der Waals surface area contributed by atoms with Crippen LogP contribution in [0.2, 0.25) is 0 Å². The van der Waals surface area contributed by atoms with Crippen LogP contribution >= 0.6 is 0 Å². The summed E-state index contributed by atoms with van der Waals surface area (Å²) < 4.78 is 38.7. The first-order valence-electron chi connectivity index (χ1n) is 6.55. The van der Waals surface area contributed by atoms with E-state index < -0.39 is 18.1 Å². The fourth-order valence-corrected chi connectivity index (χ4v) is 2.68. The van der Waals surface area contributed by atoms with Gasteiger partial charge in [-0.25, -0.2) is 0 Å².